The first-order valence-electron chi connectivity index (χ1n) is 9.12. The molecule has 25 heavy (non-hydrogen) atoms. The number of benzene rings is 1. The summed E-state index contributed by atoms with van der Waals surface area (Å²) in [4.78, 5) is 15.1. The van der Waals surface area contributed by atoms with E-state index in [9.17, 15) is 4.79 Å². The number of rotatable bonds is 8. The van der Waals surface area contributed by atoms with E-state index in [2.05, 4.69) is 12.2 Å². The van der Waals surface area contributed by atoms with Gasteiger partial charge in [-0.1, -0.05) is 6.92 Å². The Kier molecular flexibility index (Phi) is 9.68. The summed E-state index contributed by atoms with van der Waals surface area (Å²) in [5.41, 5.74) is 0.675. The molecule has 1 heterocycles. The van der Waals surface area contributed by atoms with Gasteiger partial charge in [0.05, 0.1) is 13.2 Å². The highest BCUT2D eigenvalue weighted by molar-refractivity contribution is 5.95. The highest BCUT2D eigenvalue weighted by Gasteiger charge is 2.26. The Bertz CT molecular complexity index is 533. The van der Waals surface area contributed by atoms with Crippen molar-refractivity contribution in [1.29, 1.82) is 0 Å². The molecule has 6 heteroatoms. The maximum absolute atomic E-state index is 13.1. The molecule has 0 bridgehead atoms. The summed E-state index contributed by atoms with van der Waals surface area (Å²) in [5.74, 6) is 1.43. The van der Waals surface area contributed by atoms with Gasteiger partial charge in [-0.2, -0.15) is 0 Å². The van der Waals surface area contributed by atoms with E-state index in [0.717, 1.165) is 38.9 Å². The number of piperidine rings is 1. The number of nitrogens with one attached hydrogen (secondary N) is 1. The Morgan fingerprint density at radius 2 is 1.76 bits per heavy atom. The molecule has 1 saturated heterocycles. The Labute approximate surface area is 157 Å². The molecule has 1 aromatic carbocycles. The van der Waals surface area contributed by atoms with Crippen LogP contribution in [0.3, 0.4) is 0 Å². The highest BCUT2D eigenvalue weighted by atomic mass is 35.5. The van der Waals surface area contributed by atoms with E-state index in [1.807, 2.05) is 36.9 Å². The fraction of sp³-hybridized carbons (Fsp3) is 0.632. The fourth-order valence-electron chi connectivity index (χ4n) is 3.16. The van der Waals surface area contributed by atoms with Crippen LogP contribution in [0.5, 0.6) is 11.5 Å². The van der Waals surface area contributed by atoms with Gasteiger partial charge in [-0.05, 0) is 64.4 Å². The number of carbonyl (C=O) groups excluding carboxylic acids is 1. The molecule has 1 fully saturated rings. The molecule has 0 unspecified atom stereocenters. The summed E-state index contributed by atoms with van der Waals surface area (Å²) in [7, 11) is 0. The number of halogens is 1. The van der Waals surface area contributed by atoms with Crippen molar-refractivity contribution in [2.75, 3.05) is 32.8 Å². The van der Waals surface area contributed by atoms with Gasteiger partial charge in [0, 0.05) is 18.2 Å². The topological polar surface area (TPSA) is 50.8 Å². The van der Waals surface area contributed by atoms with Crippen LogP contribution in [0.25, 0.3) is 0 Å². The zero-order chi connectivity index (χ0) is 17.4. The van der Waals surface area contributed by atoms with E-state index in [0.29, 0.717) is 36.3 Å². The van der Waals surface area contributed by atoms with Crippen LogP contribution in [0.15, 0.2) is 18.2 Å². The summed E-state index contributed by atoms with van der Waals surface area (Å²) in [5, 5.41) is 3.36. The van der Waals surface area contributed by atoms with Crippen LogP contribution in [0, 0.1) is 0 Å². The molecule has 1 aromatic rings. The molecule has 2 rings (SSSR count). The summed E-state index contributed by atoms with van der Waals surface area (Å²) in [6.45, 7) is 9.86. The van der Waals surface area contributed by atoms with Crippen LogP contribution >= 0.6 is 12.4 Å². The predicted octanol–water partition coefficient (Wildman–Crippen LogP) is 3.51. The van der Waals surface area contributed by atoms with Crippen LogP contribution < -0.4 is 14.8 Å². The van der Waals surface area contributed by atoms with Crippen molar-refractivity contribution in [2.45, 2.75) is 46.1 Å². The number of amides is 1. The van der Waals surface area contributed by atoms with E-state index in [1.165, 1.54) is 0 Å². The first-order chi connectivity index (χ1) is 11.7. The second kappa shape index (κ2) is 11.2. The molecule has 0 saturated carbocycles. The third-order valence-electron chi connectivity index (χ3n) is 4.27. The van der Waals surface area contributed by atoms with E-state index >= 15 is 0 Å². The second-order valence-corrected chi connectivity index (χ2v) is 6.01. The van der Waals surface area contributed by atoms with Crippen LogP contribution in [0.1, 0.15) is 50.4 Å². The SMILES string of the molecule is CCCN(C(=O)c1ccc(OCC)c(OCC)c1)C1CCNCC1.Cl. The monoisotopic (exact) mass is 370 g/mol. The third kappa shape index (κ3) is 5.79. The maximum Gasteiger partial charge on any atom is 0.254 e. The maximum atomic E-state index is 13.1. The van der Waals surface area contributed by atoms with Crippen molar-refractivity contribution in [3.63, 3.8) is 0 Å². The van der Waals surface area contributed by atoms with Crippen LogP contribution in [-0.4, -0.2) is 49.7 Å². The highest BCUT2D eigenvalue weighted by Crippen LogP contribution is 2.29. The average Bonchev–Trinajstić information content (AvgIpc) is 2.62. The van der Waals surface area contributed by atoms with Gasteiger partial charge in [-0.3, -0.25) is 4.79 Å². The van der Waals surface area contributed by atoms with Crippen molar-refractivity contribution < 1.29 is 14.3 Å². The minimum absolute atomic E-state index is 0. The van der Waals surface area contributed by atoms with Gasteiger partial charge in [0.15, 0.2) is 11.5 Å². The number of ether oxygens (including phenoxy) is 2. The van der Waals surface area contributed by atoms with Gasteiger partial charge < -0.3 is 19.7 Å². The minimum atomic E-state index is 0. The van der Waals surface area contributed by atoms with Crippen molar-refractivity contribution in [3.05, 3.63) is 23.8 Å². The quantitative estimate of drug-likeness (QED) is 0.760. The summed E-state index contributed by atoms with van der Waals surface area (Å²) in [6.07, 6.45) is 2.99. The Morgan fingerprint density at radius 1 is 1.12 bits per heavy atom. The molecule has 0 aromatic heterocycles. The summed E-state index contributed by atoms with van der Waals surface area (Å²) in [6, 6.07) is 5.83. The molecular weight excluding hydrogens is 340 g/mol. The van der Waals surface area contributed by atoms with Crippen LogP contribution in [0.2, 0.25) is 0 Å². The van der Waals surface area contributed by atoms with Gasteiger partial charge in [-0.25, -0.2) is 0 Å². The predicted molar refractivity (Wildman–Crippen MR) is 103 cm³/mol. The lowest BCUT2D eigenvalue weighted by Gasteiger charge is -2.34. The lowest BCUT2D eigenvalue weighted by molar-refractivity contribution is 0.0642. The Morgan fingerprint density at radius 3 is 2.36 bits per heavy atom. The number of hydrogen-bond donors (Lipinski definition) is 1. The lowest BCUT2D eigenvalue weighted by atomic mass is 10.0. The second-order valence-electron chi connectivity index (χ2n) is 6.01. The van der Waals surface area contributed by atoms with E-state index in [1.54, 1.807) is 0 Å². The Balaban J connectivity index is 0.00000312. The molecule has 0 radical (unpaired) electrons. The molecule has 1 amide bonds. The summed E-state index contributed by atoms with van der Waals surface area (Å²) >= 11 is 0. The van der Waals surface area contributed by atoms with Gasteiger partial charge in [-0.15, -0.1) is 12.4 Å². The third-order valence-corrected chi connectivity index (χ3v) is 4.27. The molecule has 0 aliphatic carbocycles. The van der Waals surface area contributed by atoms with E-state index < -0.39 is 0 Å². The van der Waals surface area contributed by atoms with Crippen molar-refractivity contribution >= 4 is 18.3 Å². The lowest BCUT2D eigenvalue weighted by Crippen LogP contribution is -2.46. The van der Waals surface area contributed by atoms with Crippen molar-refractivity contribution in [1.82, 2.24) is 10.2 Å². The summed E-state index contributed by atoms with van der Waals surface area (Å²) < 4.78 is 11.3. The normalized spacial score (nSPS) is 14.5. The van der Waals surface area contributed by atoms with Gasteiger partial charge >= 0.3 is 0 Å². The molecule has 1 aliphatic heterocycles. The molecule has 1 N–H and O–H groups in total. The standard InChI is InChI=1S/C19H30N2O3.ClH/c1-4-13-21(16-9-11-20-12-10-16)19(22)15-7-8-17(23-5-2)18(14-15)24-6-3;/h7-8,14,16,20H,4-6,9-13H2,1-3H3;1H. The van der Waals surface area contributed by atoms with Crippen molar-refractivity contribution in [3.8, 4) is 11.5 Å². The smallest absolute Gasteiger partial charge is 0.254 e. The first-order valence-corrected chi connectivity index (χ1v) is 9.12. The van der Waals surface area contributed by atoms with E-state index in [4.69, 9.17) is 9.47 Å². The van der Waals surface area contributed by atoms with Gasteiger partial charge in [0.25, 0.3) is 5.91 Å². The van der Waals surface area contributed by atoms with Gasteiger partial charge in [0.2, 0.25) is 0 Å². The van der Waals surface area contributed by atoms with Crippen LogP contribution in [0.4, 0.5) is 0 Å². The molecule has 5 nitrogen and oxygen atoms in total. The number of nitrogens with zero attached hydrogens (tertiary/aromatic N) is 1. The van der Waals surface area contributed by atoms with Crippen LogP contribution in [-0.2, 0) is 0 Å². The number of carbonyl (C=O) groups is 1. The molecular formula is C19H31ClN2O3. The minimum Gasteiger partial charge on any atom is -0.490 e. The van der Waals surface area contributed by atoms with Gasteiger partial charge in [0.1, 0.15) is 0 Å². The number of hydrogen-bond acceptors (Lipinski definition) is 4. The molecule has 0 spiro atoms. The molecule has 1 aliphatic rings. The average molecular weight is 371 g/mol. The van der Waals surface area contributed by atoms with E-state index in [-0.39, 0.29) is 18.3 Å². The zero-order valence-corrected chi connectivity index (χ0v) is 16.4. The largest absolute Gasteiger partial charge is 0.490 e. The van der Waals surface area contributed by atoms with Crippen molar-refractivity contribution in [2.24, 2.45) is 0 Å². The fourth-order valence-corrected chi connectivity index (χ4v) is 3.16. The molecule has 0 atom stereocenters. The zero-order valence-electron chi connectivity index (χ0n) is 15.5. The first kappa shape index (κ1) is 21.6. The molecule has 142 valence electrons. The Hall–Kier alpha value is -1.46.